The Bertz CT molecular complexity index is 513. The second-order valence-corrected chi connectivity index (χ2v) is 8.05. The summed E-state index contributed by atoms with van der Waals surface area (Å²) in [5.74, 6) is 0.179. The molecule has 2 fully saturated rings. The Morgan fingerprint density at radius 2 is 2.04 bits per heavy atom. The van der Waals surface area contributed by atoms with Gasteiger partial charge in [-0.3, -0.25) is 9.69 Å². The Kier molecular flexibility index (Phi) is 6.46. The summed E-state index contributed by atoms with van der Waals surface area (Å²) in [6, 6.07) is -0.0130. The molecule has 2 aliphatic rings. The summed E-state index contributed by atoms with van der Waals surface area (Å²) >= 11 is 0. The van der Waals surface area contributed by atoms with Crippen molar-refractivity contribution in [3.05, 3.63) is 12.2 Å². The number of hydrogen-bond donors (Lipinski definition) is 1. The van der Waals surface area contributed by atoms with Gasteiger partial charge in [0.15, 0.2) is 0 Å². The normalized spacial score (nSPS) is 26.3. The molecular weight excluding hydrogens is 322 g/mol. The predicted molar refractivity (Wildman–Crippen MR) is 95.3 cm³/mol. The molecule has 7 heteroatoms. The number of likely N-dealkylation sites (N-methyl/N-ethyl adjacent to an activating group) is 1. The number of carbonyl (C=O) groups excluding carboxylic acids is 2. The lowest BCUT2D eigenvalue weighted by Crippen LogP contribution is -2.49. The summed E-state index contributed by atoms with van der Waals surface area (Å²) in [6.07, 6.45) is 3.86. The van der Waals surface area contributed by atoms with Gasteiger partial charge in [-0.2, -0.15) is 0 Å². The molecule has 2 amide bonds. The summed E-state index contributed by atoms with van der Waals surface area (Å²) < 4.78 is 11.1. The van der Waals surface area contributed by atoms with Crippen LogP contribution in [0.5, 0.6) is 0 Å². The summed E-state index contributed by atoms with van der Waals surface area (Å²) in [5.41, 5.74) is -0.544. The van der Waals surface area contributed by atoms with E-state index in [0.717, 1.165) is 6.42 Å². The van der Waals surface area contributed by atoms with Crippen LogP contribution in [0.2, 0.25) is 0 Å². The summed E-state index contributed by atoms with van der Waals surface area (Å²) in [7, 11) is 3.89. The molecule has 2 saturated heterocycles. The van der Waals surface area contributed by atoms with Crippen molar-refractivity contribution >= 4 is 12.0 Å². The number of likely N-dealkylation sites (tertiary alicyclic amines) is 1. The molecule has 0 aliphatic carbocycles. The summed E-state index contributed by atoms with van der Waals surface area (Å²) in [4.78, 5) is 28.3. The van der Waals surface area contributed by atoms with E-state index in [0.29, 0.717) is 32.2 Å². The van der Waals surface area contributed by atoms with E-state index in [1.165, 1.54) is 6.08 Å². The molecule has 3 unspecified atom stereocenters. The Labute approximate surface area is 150 Å². The molecule has 25 heavy (non-hydrogen) atoms. The van der Waals surface area contributed by atoms with Crippen LogP contribution in [0.25, 0.3) is 0 Å². The van der Waals surface area contributed by atoms with Crippen molar-refractivity contribution in [2.24, 2.45) is 5.92 Å². The lowest BCUT2D eigenvalue weighted by atomic mass is 10.0. The maximum atomic E-state index is 12.6. The van der Waals surface area contributed by atoms with Gasteiger partial charge in [0.1, 0.15) is 5.60 Å². The lowest BCUT2D eigenvalue weighted by molar-refractivity contribution is -0.116. The second kappa shape index (κ2) is 8.19. The first-order chi connectivity index (χ1) is 11.7. The van der Waals surface area contributed by atoms with Crippen LogP contribution in [0.15, 0.2) is 12.2 Å². The van der Waals surface area contributed by atoms with Crippen molar-refractivity contribution in [3.8, 4) is 0 Å². The molecule has 2 heterocycles. The molecule has 2 rings (SSSR count). The van der Waals surface area contributed by atoms with E-state index in [1.807, 2.05) is 45.8 Å². The molecule has 7 nitrogen and oxygen atoms in total. The Morgan fingerprint density at radius 1 is 1.32 bits per heavy atom. The minimum Gasteiger partial charge on any atom is -0.444 e. The van der Waals surface area contributed by atoms with Crippen LogP contribution >= 0.6 is 0 Å². The maximum absolute atomic E-state index is 12.6. The number of fused-ring (bicyclic) bond motifs is 1. The molecule has 0 aromatic rings. The molecule has 3 atom stereocenters. The zero-order valence-corrected chi connectivity index (χ0v) is 15.9. The van der Waals surface area contributed by atoms with E-state index in [2.05, 4.69) is 5.32 Å². The molecular formula is C18H31N3O4. The van der Waals surface area contributed by atoms with Crippen molar-refractivity contribution in [2.75, 3.05) is 40.4 Å². The van der Waals surface area contributed by atoms with Gasteiger partial charge in [-0.15, -0.1) is 0 Å². The van der Waals surface area contributed by atoms with Gasteiger partial charge >= 0.3 is 6.09 Å². The summed E-state index contributed by atoms with van der Waals surface area (Å²) in [6.45, 7) is 7.91. The summed E-state index contributed by atoms with van der Waals surface area (Å²) in [5, 5.41) is 2.90. The number of ether oxygens (including phenoxy) is 2. The third-order valence-corrected chi connectivity index (χ3v) is 4.35. The lowest BCUT2D eigenvalue weighted by Gasteiger charge is -2.31. The van der Waals surface area contributed by atoms with E-state index in [4.69, 9.17) is 9.47 Å². The van der Waals surface area contributed by atoms with Gasteiger partial charge in [0.2, 0.25) is 5.91 Å². The van der Waals surface area contributed by atoms with Crippen LogP contribution in [-0.2, 0) is 14.3 Å². The second-order valence-electron chi connectivity index (χ2n) is 8.05. The van der Waals surface area contributed by atoms with Crippen molar-refractivity contribution in [3.63, 3.8) is 0 Å². The molecule has 0 spiro atoms. The van der Waals surface area contributed by atoms with Crippen molar-refractivity contribution in [2.45, 2.75) is 44.9 Å². The number of rotatable bonds is 5. The van der Waals surface area contributed by atoms with Gasteiger partial charge in [-0.1, -0.05) is 6.08 Å². The van der Waals surface area contributed by atoms with E-state index in [-0.39, 0.29) is 24.1 Å². The fourth-order valence-corrected chi connectivity index (χ4v) is 3.28. The minimum atomic E-state index is -0.544. The molecule has 0 aromatic heterocycles. The van der Waals surface area contributed by atoms with Crippen LogP contribution < -0.4 is 5.32 Å². The van der Waals surface area contributed by atoms with Gasteiger partial charge in [-0.25, -0.2) is 4.79 Å². The zero-order valence-electron chi connectivity index (χ0n) is 15.9. The average molecular weight is 353 g/mol. The highest BCUT2D eigenvalue weighted by atomic mass is 16.6. The molecule has 0 bridgehead atoms. The molecule has 0 saturated carbocycles. The van der Waals surface area contributed by atoms with Gasteiger partial charge < -0.3 is 19.7 Å². The third-order valence-electron chi connectivity index (χ3n) is 4.35. The predicted octanol–water partition coefficient (Wildman–Crippen LogP) is 1.24. The first-order valence-corrected chi connectivity index (χ1v) is 8.85. The van der Waals surface area contributed by atoms with Crippen molar-refractivity contribution < 1.29 is 19.1 Å². The van der Waals surface area contributed by atoms with E-state index >= 15 is 0 Å². The highest BCUT2D eigenvalue weighted by Gasteiger charge is 2.48. The van der Waals surface area contributed by atoms with Gasteiger partial charge in [-0.05, 0) is 41.3 Å². The number of nitrogens with one attached hydrogen (secondary N) is 1. The average Bonchev–Trinajstić information content (AvgIpc) is 3.02. The fraction of sp³-hybridized carbons (Fsp3) is 0.778. The number of amides is 2. The smallest absolute Gasteiger partial charge is 0.410 e. The third kappa shape index (κ3) is 5.71. The quantitative estimate of drug-likeness (QED) is 0.753. The topological polar surface area (TPSA) is 71.1 Å². The first kappa shape index (κ1) is 19.7. The number of nitrogens with zero attached hydrogens (tertiary/aromatic N) is 2. The Morgan fingerprint density at radius 3 is 2.68 bits per heavy atom. The Hall–Kier alpha value is -1.60. The maximum Gasteiger partial charge on any atom is 0.410 e. The highest BCUT2D eigenvalue weighted by molar-refractivity contribution is 5.87. The van der Waals surface area contributed by atoms with Crippen LogP contribution in [0.3, 0.4) is 0 Å². The zero-order chi connectivity index (χ0) is 18.6. The van der Waals surface area contributed by atoms with Crippen LogP contribution in [0.1, 0.15) is 27.2 Å². The number of hydrogen-bond acceptors (Lipinski definition) is 5. The van der Waals surface area contributed by atoms with E-state index in [9.17, 15) is 9.59 Å². The minimum absolute atomic E-state index is 0.0426. The highest BCUT2D eigenvalue weighted by Crippen LogP contribution is 2.35. The van der Waals surface area contributed by atoms with E-state index < -0.39 is 5.60 Å². The van der Waals surface area contributed by atoms with Gasteiger partial charge in [0.25, 0.3) is 0 Å². The largest absolute Gasteiger partial charge is 0.444 e. The molecule has 0 aromatic carbocycles. The van der Waals surface area contributed by atoms with E-state index in [1.54, 1.807) is 4.90 Å². The first-order valence-electron chi connectivity index (χ1n) is 8.85. The Balaban J connectivity index is 1.94. The fourth-order valence-electron chi connectivity index (χ4n) is 3.28. The SMILES string of the molecule is CN(C)C/C=C/C(=O)NCC1CC2COCC2N1C(=O)OC(C)(C)C. The van der Waals surface area contributed by atoms with Crippen molar-refractivity contribution in [1.29, 1.82) is 0 Å². The van der Waals surface area contributed by atoms with Gasteiger partial charge in [0.05, 0.1) is 25.3 Å². The van der Waals surface area contributed by atoms with Crippen LogP contribution in [0, 0.1) is 5.92 Å². The van der Waals surface area contributed by atoms with Crippen molar-refractivity contribution in [1.82, 2.24) is 15.1 Å². The van der Waals surface area contributed by atoms with Crippen LogP contribution in [-0.4, -0.2) is 79.9 Å². The standard InChI is InChI=1S/C18H31N3O4/c1-18(2,3)25-17(23)21-14(9-13-11-24-12-15(13)21)10-19-16(22)7-6-8-20(4)5/h6-7,13-15H,8-12H2,1-5H3,(H,19,22)/b7-6+. The van der Waals surface area contributed by atoms with Gasteiger partial charge in [0, 0.05) is 25.1 Å². The number of carbonyl (C=O) groups is 2. The van der Waals surface area contributed by atoms with Crippen LogP contribution in [0.4, 0.5) is 4.79 Å². The molecule has 1 N–H and O–H groups in total. The molecule has 142 valence electrons. The molecule has 2 aliphatic heterocycles. The monoisotopic (exact) mass is 353 g/mol. The molecule has 0 radical (unpaired) electrons.